The van der Waals surface area contributed by atoms with Crippen molar-refractivity contribution in [3.05, 3.63) is 76.6 Å². The molecule has 0 bridgehead atoms. The van der Waals surface area contributed by atoms with Gasteiger partial charge in [0.1, 0.15) is 0 Å². The Kier molecular flexibility index (Phi) is 7.90. The molecular weight excluding hydrogens is 376 g/mol. The van der Waals surface area contributed by atoms with E-state index in [9.17, 15) is 10.1 Å². The number of rotatable bonds is 7. The Bertz CT molecular complexity index is 1060. The third kappa shape index (κ3) is 5.56. The van der Waals surface area contributed by atoms with Crippen LogP contribution >= 0.6 is 0 Å². The molecular formula is C24H24N4O2. The van der Waals surface area contributed by atoms with E-state index in [1.807, 2.05) is 19.1 Å². The molecule has 1 N–H and O–H groups in total. The summed E-state index contributed by atoms with van der Waals surface area (Å²) in [6.07, 6.45) is 6.90. The first-order chi connectivity index (χ1) is 14.4. The van der Waals surface area contributed by atoms with E-state index in [1.54, 1.807) is 38.1 Å². The SMILES string of the molecule is C=C(ON=C(C)C)C1=C(/C(=C/C)C/C=C\CC#N)Cc2cc(C#N)ccc2NC1=O. The van der Waals surface area contributed by atoms with Crippen molar-refractivity contribution >= 4 is 17.3 Å². The predicted molar refractivity (Wildman–Crippen MR) is 117 cm³/mol. The maximum absolute atomic E-state index is 13.1. The van der Waals surface area contributed by atoms with Gasteiger partial charge in [-0.05, 0) is 62.1 Å². The first kappa shape index (κ1) is 22.4. The average Bonchev–Trinajstić information content (AvgIpc) is 2.87. The lowest BCUT2D eigenvalue weighted by molar-refractivity contribution is -0.113. The maximum atomic E-state index is 13.1. The molecule has 0 atom stereocenters. The molecule has 1 heterocycles. The average molecular weight is 400 g/mol. The van der Waals surface area contributed by atoms with E-state index in [0.29, 0.717) is 41.8 Å². The summed E-state index contributed by atoms with van der Waals surface area (Å²) in [5, 5.41) is 24.8. The molecule has 6 nitrogen and oxygen atoms in total. The third-order valence-corrected chi connectivity index (χ3v) is 4.45. The largest absolute Gasteiger partial charge is 0.357 e. The molecule has 0 spiro atoms. The molecule has 1 aromatic rings. The van der Waals surface area contributed by atoms with Crippen LogP contribution in [0.25, 0.3) is 0 Å². The fourth-order valence-electron chi connectivity index (χ4n) is 3.05. The van der Waals surface area contributed by atoms with Crippen LogP contribution in [0, 0.1) is 22.7 Å². The van der Waals surface area contributed by atoms with Crippen LogP contribution < -0.4 is 5.32 Å². The van der Waals surface area contributed by atoms with Crippen molar-refractivity contribution in [1.29, 1.82) is 10.5 Å². The summed E-state index contributed by atoms with van der Waals surface area (Å²) in [6.45, 7) is 9.39. The molecule has 0 saturated heterocycles. The van der Waals surface area contributed by atoms with Crippen LogP contribution in [0.2, 0.25) is 0 Å². The Morgan fingerprint density at radius 2 is 2.10 bits per heavy atom. The van der Waals surface area contributed by atoms with Gasteiger partial charge in [0, 0.05) is 12.1 Å². The molecule has 152 valence electrons. The Labute approximate surface area is 177 Å². The second-order valence-corrected chi connectivity index (χ2v) is 6.87. The Balaban J connectivity index is 2.59. The van der Waals surface area contributed by atoms with Crippen molar-refractivity contribution in [3.63, 3.8) is 0 Å². The second-order valence-electron chi connectivity index (χ2n) is 6.87. The second kappa shape index (κ2) is 10.6. The van der Waals surface area contributed by atoms with Crippen molar-refractivity contribution in [2.75, 3.05) is 5.32 Å². The van der Waals surface area contributed by atoms with Gasteiger partial charge in [0.2, 0.25) is 0 Å². The fourth-order valence-corrected chi connectivity index (χ4v) is 3.05. The Hall–Kier alpha value is -3.90. The van der Waals surface area contributed by atoms with Crippen molar-refractivity contribution < 1.29 is 9.63 Å². The van der Waals surface area contributed by atoms with Crippen LogP contribution in [0.15, 0.2) is 70.6 Å². The summed E-state index contributed by atoms with van der Waals surface area (Å²) < 4.78 is 0. The highest BCUT2D eigenvalue weighted by Crippen LogP contribution is 2.34. The molecule has 1 aliphatic heterocycles. The van der Waals surface area contributed by atoms with Gasteiger partial charge in [-0.2, -0.15) is 10.5 Å². The van der Waals surface area contributed by atoms with E-state index < -0.39 is 0 Å². The first-order valence-corrected chi connectivity index (χ1v) is 9.53. The van der Waals surface area contributed by atoms with Gasteiger partial charge in [-0.1, -0.05) is 30.0 Å². The number of anilines is 1. The van der Waals surface area contributed by atoms with E-state index in [2.05, 4.69) is 29.2 Å². The number of fused-ring (bicyclic) bond motifs is 1. The quantitative estimate of drug-likeness (QED) is 0.298. The number of carbonyl (C=O) groups excluding carboxylic acids is 1. The minimum Gasteiger partial charge on any atom is -0.357 e. The third-order valence-electron chi connectivity index (χ3n) is 4.45. The number of allylic oxidation sites excluding steroid dienone is 5. The van der Waals surface area contributed by atoms with Crippen molar-refractivity contribution in [2.45, 2.75) is 40.0 Å². The summed E-state index contributed by atoms with van der Waals surface area (Å²) in [7, 11) is 0. The minimum atomic E-state index is -0.345. The number of hydrogen-bond donors (Lipinski definition) is 1. The minimum absolute atomic E-state index is 0.150. The smallest absolute Gasteiger partial charge is 0.259 e. The van der Waals surface area contributed by atoms with Gasteiger partial charge in [-0.3, -0.25) is 4.79 Å². The fraction of sp³-hybridized carbons (Fsp3) is 0.250. The van der Waals surface area contributed by atoms with Crippen LogP contribution in [-0.4, -0.2) is 11.6 Å². The zero-order chi connectivity index (χ0) is 22.1. The van der Waals surface area contributed by atoms with Gasteiger partial charge >= 0.3 is 0 Å². The van der Waals surface area contributed by atoms with Gasteiger partial charge in [0.15, 0.2) is 5.76 Å². The zero-order valence-corrected chi connectivity index (χ0v) is 17.5. The summed E-state index contributed by atoms with van der Waals surface area (Å²) in [6, 6.07) is 9.38. The highest BCUT2D eigenvalue weighted by molar-refractivity contribution is 6.09. The molecule has 0 saturated carbocycles. The number of nitrogens with zero attached hydrogens (tertiary/aromatic N) is 3. The number of amides is 1. The van der Waals surface area contributed by atoms with Crippen LogP contribution in [0.5, 0.6) is 0 Å². The lowest BCUT2D eigenvalue weighted by Crippen LogP contribution is -2.17. The predicted octanol–water partition coefficient (Wildman–Crippen LogP) is 5.08. The molecule has 1 aromatic carbocycles. The number of hydrogen-bond acceptors (Lipinski definition) is 5. The van der Waals surface area contributed by atoms with Gasteiger partial charge in [0.05, 0.1) is 35.4 Å². The van der Waals surface area contributed by atoms with Gasteiger partial charge in [0.25, 0.3) is 5.91 Å². The lowest BCUT2D eigenvalue weighted by atomic mass is 9.90. The molecule has 0 fully saturated rings. The highest BCUT2D eigenvalue weighted by atomic mass is 16.6. The maximum Gasteiger partial charge on any atom is 0.259 e. The Morgan fingerprint density at radius 1 is 1.33 bits per heavy atom. The van der Waals surface area contributed by atoms with E-state index in [4.69, 9.17) is 10.1 Å². The lowest BCUT2D eigenvalue weighted by Gasteiger charge is -2.15. The zero-order valence-electron chi connectivity index (χ0n) is 17.5. The molecule has 0 radical (unpaired) electrons. The topological polar surface area (TPSA) is 98.3 Å². The van der Waals surface area contributed by atoms with E-state index >= 15 is 0 Å². The van der Waals surface area contributed by atoms with E-state index in [0.717, 1.165) is 16.7 Å². The van der Waals surface area contributed by atoms with Gasteiger partial charge in [-0.15, -0.1) is 0 Å². The molecule has 30 heavy (non-hydrogen) atoms. The molecule has 0 aliphatic carbocycles. The van der Waals surface area contributed by atoms with E-state index in [1.165, 1.54) is 0 Å². The summed E-state index contributed by atoms with van der Waals surface area (Å²) >= 11 is 0. The van der Waals surface area contributed by atoms with Crippen LogP contribution in [0.4, 0.5) is 5.69 Å². The highest BCUT2D eigenvalue weighted by Gasteiger charge is 2.27. The molecule has 1 aliphatic rings. The van der Waals surface area contributed by atoms with Crippen LogP contribution in [0.1, 0.15) is 44.7 Å². The number of oxime groups is 1. The number of carbonyl (C=O) groups is 1. The Morgan fingerprint density at radius 3 is 2.73 bits per heavy atom. The first-order valence-electron chi connectivity index (χ1n) is 9.53. The molecule has 6 heteroatoms. The van der Waals surface area contributed by atoms with Crippen molar-refractivity contribution in [3.8, 4) is 12.1 Å². The molecule has 1 amide bonds. The van der Waals surface area contributed by atoms with Crippen LogP contribution in [-0.2, 0) is 16.1 Å². The van der Waals surface area contributed by atoms with Gasteiger partial charge in [-0.25, -0.2) is 0 Å². The summed E-state index contributed by atoms with van der Waals surface area (Å²) in [5.74, 6) is -0.194. The summed E-state index contributed by atoms with van der Waals surface area (Å²) in [4.78, 5) is 18.5. The molecule has 2 rings (SSSR count). The number of nitriles is 2. The number of nitrogens with one attached hydrogen (secondary N) is 1. The number of benzene rings is 1. The van der Waals surface area contributed by atoms with E-state index in [-0.39, 0.29) is 11.7 Å². The van der Waals surface area contributed by atoms with Crippen LogP contribution in [0.3, 0.4) is 0 Å². The molecule has 0 aromatic heterocycles. The summed E-state index contributed by atoms with van der Waals surface area (Å²) in [5.41, 5.74) is 4.66. The standard InChI is InChI=1S/C24H24N4O2/c1-5-19(9-7-6-8-12-25)21-14-20-13-18(15-26)10-11-22(20)27-24(29)23(21)17(4)30-28-16(2)3/h5-7,10-11,13H,4,8-9,14H2,1-3H3,(H,27,29)/b7-6-,19-5+. The normalized spacial score (nSPS) is 13.6. The molecule has 0 unspecified atom stereocenters. The monoisotopic (exact) mass is 400 g/mol. The van der Waals surface area contributed by atoms with Crippen molar-refractivity contribution in [1.82, 2.24) is 0 Å². The van der Waals surface area contributed by atoms with Crippen molar-refractivity contribution in [2.24, 2.45) is 5.16 Å². The van der Waals surface area contributed by atoms with Gasteiger partial charge < -0.3 is 10.2 Å².